The van der Waals surface area contributed by atoms with Crippen LogP contribution in [-0.4, -0.2) is 25.3 Å². The number of benzene rings is 1. The number of aromatic nitrogens is 4. The van der Waals surface area contributed by atoms with Crippen molar-refractivity contribution in [1.82, 2.24) is 20.2 Å². The van der Waals surface area contributed by atoms with Gasteiger partial charge in [-0.25, -0.2) is 4.68 Å². The molecular formula is C17H20N4O2. The van der Waals surface area contributed by atoms with Crippen LogP contribution in [0.1, 0.15) is 34.0 Å². The van der Waals surface area contributed by atoms with Gasteiger partial charge in [0.05, 0.1) is 24.5 Å². The van der Waals surface area contributed by atoms with Crippen molar-refractivity contribution >= 4 is 0 Å². The molecule has 3 aromatic rings. The van der Waals surface area contributed by atoms with Crippen LogP contribution < -0.4 is 0 Å². The number of hydrogen-bond acceptors (Lipinski definition) is 5. The Morgan fingerprint density at radius 1 is 1.13 bits per heavy atom. The molecule has 0 unspecified atom stereocenters. The zero-order valence-electron chi connectivity index (χ0n) is 13.4. The first-order chi connectivity index (χ1) is 11.2. The topological polar surface area (TPSA) is 77.0 Å². The minimum absolute atomic E-state index is 0.105. The number of hydrogen-bond donors (Lipinski definition) is 1. The third-order valence-corrected chi connectivity index (χ3v) is 4.05. The highest BCUT2D eigenvalue weighted by Gasteiger charge is 2.16. The lowest BCUT2D eigenvalue weighted by molar-refractivity contribution is 0.275. The van der Waals surface area contributed by atoms with Gasteiger partial charge in [-0.05, 0) is 32.3 Å². The molecule has 0 saturated carbocycles. The predicted octanol–water partition coefficient (Wildman–Crippen LogP) is 2.21. The maximum atomic E-state index is 9.52. The van der Waals surface area contributed by atoms with Crippen molar-refractivity contribution in [1.29, 1.82) is 0 Å². The van der Waals surface area contributed by atoms with Gasteiger partial charge in [0.2, 0.25) is 0 Å². The van der Waals surface area contributed by atoms with Gasteiger partial charge in [0.15, 0.2) is 0 Å². The zero-order valence-corrected chi connectivity index (χ0v) is 13.4. The molecule has 1 aromatic carbocycles. The highest BCUT2D eigenvalue weighted by Crippen LogP contribution is 2.17. The molecular weight excluding hydrogens is 292 g/mol. The van der Waals surface area contributed by atoms with Gasteiger partial charge in [-0.1, -0.05) is 40.7 Å². The van der Waals surface area contributed by atoms with E-state index in [0.717, 1.165) is 35.6 Å². The van der Waals surface area contributed by atoms with E-state index in [9.17, 15) is 5.11 Å². The van der Waals surface area contributed by atoms with Crippen molar-refractivity contribution in [2.24, 2.45) is 0 Å². The molecule has 3 rings (SSSR count). The van der Waals surface area contributed by atoms with Crippen LogP contribution >= 0.6 is 0 Å². The second-order valence-electron chi connectivity index (χ2n) is 5.59. The van der Waals surface area contributed by atoms with Gasteiger partial charge in [0, 0.05) is 5.56 Å². The molecule has 0 aliphatic heterocycles. The molecule has 120 valence electrons. The smallest absolute Gasteiger partial charge is 0.138 e. The highest BCUT2D eigenvalue weighted by molar-refractivity contribution is 5.23. The van der Waals surface area contributed by atoms with E-state index >= 15 is 0 Å². The van der Waals surface area contributed by atoms with Gasteiger partial charge >= 0.3 is 0 Å². The second-order valence-corrected chi connectivity index (χ2v) is 5.59. The highest BCUT2D eigenvalue weighted by atomic mass is 16.5. The zero-order chi connectivity index (χ0) is 16.2. The van der Waals surface area contributed by atoms with Crippen LogP contribution in [0.4, 0.5) is 0 Å². The predicted molar refractivity (Wildman–Crippen MR) is 84.9 cm³/mol. The van der Waals surface area contributed by atoms with Gasteiger partial charge < -0.3 is 9.63 Å². The Hall–Kier alpha value is -2.47. The fourth-order valence-corrected chi connectivity index (χ4v) is 2.68. The first-order valence-electron chi connectivity index (χ1n) is 7.66. The van der Waals surface area contributed by atoms with Gasteiger partial charge in [-0.2, -0.15) is 0 Å². The van der Waals surface area contributed by atoms with Crippen molar-refractivity contribution in [2.45, 2.75) is 39.8 Å². The summed E-state index contributed by atoms with van der Waals surface area (Å²) in [6.07, 6.45) is 1.65. The lowest BCUT2D eigenvalue weighted by Crippen LogP contribution is -2.10. The minimum atomic E-state index is -0.105. The van der Waals surface area contributed by atoms with Crippen molar-refractivity contribution in [2.75, 3.05) is 0 Å². The van der Waals surface area contributed by atoms with E-state index in [-0.39, 0.29) is 6.61 Å². The van der Waals surface area contributed by atoms with Crippen molar-refractivity contribution < 1.29 is 9.63 Å². The lowest BCUT2D eigenvalue weighted by Gasteiger charge is -2.08. The Morgan fingerprint density at radius 3 is 2.57 bits per heavy atom. The summed E-state index contributed by atoms with van der Waals surface area (Å²) in [7, 11) is 0. The summed E-state index contributed by atoms with van der Waals surface area (Å²) in [5.41, 5.74) is 4.71. The summed E-state index contributed by atoms with van der Waals surface area (Å²) in [4.78, 5) is 0. The molecule has 2 aromatic heterocycles. The van der Waals surface area contributed by atoms with Crippen LogP contribution in [0, 0.1) is 13.8 Å². The Balaban J connectivity index is 1.82. The minimum Gasteiger partial charge on any atom is -0.390 e. The Bertz CT molecular complexity index is 758. The molecule has 6 nitrogen and oxygen atoms in total. The average Bonchev–Trinajstić information content (AvgIpc) is 3.11. The number of aryl methyl sites for hydroxylation is 3. The molecule has 2 heterocycles. The normalized spacial score (nSPS) is 11.1. The molecule has 0 atom stereocenters. The fourth-order valence-electron chi connectivity index (χ4n) is 2.68. The van der Waals surface area contributed by atoms with E-state index in [1.807, 2.05) is 36.7 Å². The average molecular weight is 312 g/mol. The third kappa shape index (κ3) is 3.32. The van der Waals surface area contributed by atoms with Gasteiger partial charge in [0.25, 0.3) is 0 Å². The monoisotopic (exact) mass is 312 g/mol. The first kappa shape index (κ1) is 15.4. The van der Waals surface area contributed by atoms with E-state index in [1.54, 1.807) is 0 Å². The second kappa shape index (κ2) is 6.75. The van der Waals surface area contributed by atoms with E-state index in [1.165, 1.54) is 5.56 Å². The molecule has 0 amide bonds. The van der Waals surface area contributed by atoms with Crippen molar-refractivity contribution in [3.8, 4) is 0 Å². The Labute approximate surface area is 134 Å². The summed E-state index contributed by atoms with van der Waals surface area (Å²) in [6.45, 7) is 4.26. The first-order valence-corrected chi connectivity index (χ1v) is 7.66. The standard InChI is InChI=1S/C17H20N4O2/c1-12-15(13(2)23-19-12)10-21-17(16(11-22)18-20-21)9-8-14-6-4-3-5-7-14/h3-7,22H,8-11H2,1-2H3. The largest absolute Gasteiger partial charge is 0.390 e. The summed E-state index contributed by atoms with van der Waals surface area (Å²) in [6, 6.07) is 10.3. The molecule has 6 heteroatoms. The molecule has 1 N–H and O–H groups in total. The van der Waals surface area contributed by atoms with Crippen molar-refractivity contribution in [3.05, 3.63) is 64.3 Å². The van der Waals surface area contributed by atoms with E-state index in [0.29, 0.717) is 12.2 Å². The number of rotatable bonds is 6. The van der Waals surface area contributed by atoms with Gasteiger partial charge in [0.1, 0.15) is 11.5 Å². The summed E-state index contributed by atoms with van der Waals surface area (Å²) in [5.74, 6) is 0.789. The molecule has 23 heavy (non-hydrogen) atoms. The van der Waals surface area contributed by atoms with Crippen molar-refractivity contribution in [3.63, 3.8) is 0 Å². The molecule has 0 saturated heterocycles. The van der Waals surface area contributed by atoms with E-state index < -0.39 is 0 Å². The van der Waals surface area contributed by atoms with Gasteiger partial charge in [-0.15, -0.1) is 5.10 Å². The fraction of sp³-hybridized carbons (Fsp3) is 0.353. The number of aliphatic hydroxyl groups is 1. The quantitative estimate of drug-likeness (QED) is 0.755. The maximum absolute atomic E-state index is 9.52. The molecule has 0 radical (unpaired) electrons. The molecule has 0 aliphatic rings. The SMILES string of the molecule is Cc1noc(C)c1Cn1nnc(CO)c1CCc1ccccc1. The van der Waals surface area contributed by atoms with Crippen LogP contribution in [0.15, 0.2) is 34.9 Å². The van der Waals surface area contributed by atoms with Crippen LogP contribution in [0.3, 0.4) is 0 Å². The van der Waals surface area contributed by atoms with Gasteiger partial charge in [-0.3, -0.25) is 0 Å². The van der Waals surface area contributed by atoms with Crippen LogP contribution in [0.2, 0.25) is 0 Å². The summed E-state index contributed by atoms with van der Waals surface area (Å²) < 4.78 is 7.04. The van der Waals surface area contributed by atoms with Crippen LogP contribution in [-0.2, 0) is 26.0 Å². The van der Waals surface area contributed by atoms with Crippen LogP contribution in [0.5, 0.6) is 0 Å². The third-order valence-electron chi connectivity index (χ3n) is 4.05. The van der Waals surface area contributed by atoms with Crippen LogP contribution in [0.25, 0.3) is 0 Å². The van der Waals surface area contributed by atoms with E-state index in [4.69, 9.17) is 4.52 Å². The molecule has 0 fully saturated rings. The molecule has 0 aliphatic carbocycles. The van der Waals surface area contributed by atoms with E-state index in [2.05, 4.69) is 27.6 Å². The Kier molecular flexibility index (Phi) is 4.52. The molecule has 0 spiro atoms. The Morgan fingerprint density at radius 2 is 1.91 bits per heavy atom. The number of aliphatic hydroxyl groups excluding tert-OH is 1. The number of nitrogens with zero attached hydrogens (tertiary/aromatic N) is 4. The summed E-state index contributed by atoms with van der Waals surface area (Å²) >= 11 is 0. The summed E-state index contributed by atoms with van der Waals surface area (Å²) in [5, 5.41) is 21.8. The lowest BCUT2D eigenvalue weighted by atomic mass is 10.1. The molecule has 0 bridgehead atoms. The maximum Gasteiger partial charge on any atom is 0.138 e.